The lowest BCUT2D eigenvalue weighted by Gasteiger charge is -2.27. The second-order valence-corrected chi connectivity index (χ2v) is 17.4. The summed E-state index contributed by atoms with van der Waals surface area (Å²) in [6, 6.07) is 67.0. The minimum absolute atomic E-state index is 0.979. The quantitative estimate of drug-likeness (QED) is 0.142. The topological polar surface area (TPSA) is 0 Å². The molecule has 0 radical (unpaired) electrons. The van der Waals surface area contributed by atoms with Gasteiger partial charge in [0.05, 0.1) is 12.3 Å². The zero-order valence-corrected chi connectivity index (χ0v) is 25.6. The van der Waals surface area contributed by atoms with Gasteiger partial charge in [-0.25, -0.2) is 0 Å². The van der Waals surface area contributed by atoms with Crippen LogP contribution in [0.5, 0.6) is 0 Å². The Morgan fingerprint density at radius 3 is 0.738 bits per heavy atom. The van der Waals surface area contributed by atoms with E-state index in [0.717, 1.165) is 12.3 Å². The molecule has 204 valence electrons. The van der Waals surface area contributed by atoms with E-state index in [2.05, 4.69) is 194 Å². The van der Waals surface area contributed by atoms with Crippen LogP contribution in [0.2, 0.25) is 0 Å². The molecule has 6 rings (SSSR count). The third-order valence-electron chi connectivity index (χ3n) is 7.99. The monoisotopic (exact) mass is 578 g/mol. The Balaban J connectivity index is 1.63. The molecule has 0 aliphatic rings. The fourth-order valence-electron chi connectivity index (χ4n) is 5.86. The lowest BCUT2D eigenvalue weighted by molar-refractivity contribution is 1.39. The van der Waals surface area contributed by atoms with Crippen molar-refractivity contribution in [3.05, 3.63) is 205 Å². The normalized spacial score (nSPS) is 11.9. The highest BCUT2D eigenvalue weighted by molar-refractivity contribution is 7.94. The van der Waals surface area contributed by atoms with E-state index < -0.39 is 14.5 Å². The third-order valence-corrected chi connectivity index (χ3v) is 16.2. The fraction of sp³-hybridized carbons (Fsp3) is 0.0500. The first-order valence-corrected chi connectivity index (χ1v) is 18.6. The Hall–Kier alpha value is -4.08. The van der Waals surface area contributed by atoms with Gasteiger partial charge in [-0.1, -0.05) is 133 Å². The van der Waals surface area contributed by atoms with Gasteiger partial charge in [0.25, 0.3) is 0 Å². The Kier molecular flexibility index (Phi) is 8.86. The highest BCUT2D eigenvalue weighted by Crippen LogP contribution is 2.67. The van der Waals surface area contributed by atoms with E-state index in [1.165, 1.54) is 32.3 Å². The van der Waals surface area contributed by atoms with Gasteiger partial charge in [-0.05, 0) is 59.7 Å². The van der Waals surface area contributed by atoms with E-state index in [0.29, 0.717) is 0 Å². The Morgan fingerprint density at radius 2 is 0.500 bits per heavy atom. The molecular weight excluding hydrogens is 542 g/mol. The Morgan fingerprint density at radius 1 is 0.286 bits per heavy atom. The van der Waals surface area contributed by atoms with Crippen molar-refractivity contribution in [1.29, 1.82) is 0 Å². The van der Waals surface area contributed by atoms with Crippen molar-refractivity contribution >= 4 is 35.7 Å². The lowest BCUT2D eigenvalue weighted by atomic mass is 10.2. The summed E-state index contributed by atoms with van der Waals surface area (Å²) in [6.45, 7) is 0. The van der Waals surface area contributed by atoms with E-state index in [4.69, 9.17) is 0 Å². The molecule has 0 unspecified atom stereocenters. The van der Waals surface area contributed by atoms with Gasteiger partial charge in [0.15, 0.2) is 0 Å². The van der Waals surface area contributed by atoms with E-state index >= 15 is 0 Å². The lowest BCUT2D eigenvalue weighted by Crippen LogP contribution is -2.25. The molecule has 0 nitrogen and oxygen atoms in total. The van der Waals surface area contributed by atoms with Gasteiger partial charge in [0, 0.05) is 0 Å². The van der Waals surface area contributed by atoms with Crippen molar-refractivity contribution in [1.82, 2.24) is 0 Å². The van der Waals surface area contributed by atoms with Gasteiger partial charge in [-0.2, -0.15) is 0 Å². The van der Waals surface area contributed by atoms with Crippen LogP contribution in [0.4, 0.5) is 0 Å². The van der Waals surface area contributed by atoms with Gasteiger partial charge in [0.2, 0.25) is 0 Å². The summed E-state index contributed by atoms with van der Waals surface area (Å²) in [4.78, 5) is 0. The maximum Gasteiger partial charge on any atom is 0.112 e. The molecule has 0 fully saturated rings. The van der Waals surface area contributed by atoms with Gasteiger partial charge < -0.3 is 0 Å². The number of benzene rings is 6. The van der Waals surface area contributed by atoms with Crippen molar-refractivity contribution in [2.45, 2.75) is 12.3 Å². The molecule has 0 aromatic heterocycles. The van der Waals surface area contributed by atoms with Crippen molar-refractivity contribution in [3.63, 3.8) is 0 Å². The van der Waals surface area contributed by atoms with Crippen LogP contribution >= 0.6 is 14.5 Å². The summed E-state index contributed by atoms with van der Waals surface area (Å²) in [5.74, 6) is 5.34. The van der Waals surface area contributed by atoms with Crippen molar-refractivity contribution in [2.24, 2.45) is 0 Å². The first-order valence-electron chi connectivity index (χ1n) is 14.5. The Bertz CT molecular complexity index is 1470. The molecule has 0 heterocycles. The van der Waals surface area contributed by atoms with Crippen LogP contribution in [0.1, 0.15) is 11.1 Å². The molecule has 6 aromatic carbocycles. The summed E-state index contributed by atoms with van der Waals surface area (Å²) in [7, 11) is -4.04. The van der Waals surface area contributed by atoms with Gasteiger partial charge >= 0.3 is 0 Å². The van der Waals surface area contributed by atoms with E-state index in [-0.39, 0.29) is 0 Å². The average molecular weight is 579 g/mol. The zero-order chi connectivity index (χ0) is 28.5. The van der Waals surface area contributed by atoms with Crippen LogP contribution in [0.25, 0.3) is 0 Å². The summed E-state index contributed by atoms with van der Waals surface area (Å²) >= 11 is 0. The standard InChI is InChI=1S/C40H36P2/c1-7-19-35(20-8-1)33-41(37-23-11-3-12-24-37,38-25-13-4-14-26-38)31-32-42(39-27-15-5-16-28-39,40-29-17-6-18-30-40)34-36-21-9-2-10-22-36/h1-32H,33-34H2/q+2. The Labute approximate surface area is 252 Å². The first kappa shape index (κ1) is 28.1. The first-order chi connectivity index (χ1) is 20.8. The molecular formula is C40H36P2+2. The smallest absolute Gasteiger partial charge is 0.0622 e. The van der Waals surface area contributed by atoms with Crippen LogP contribution in [0, 0.1) is 0 Å². The minimum atomic E-state index is -2.02. The molecule has 0 saturated heterocycles. The average Bonchev–Trinajstić information content (AvgIpc) is 3.08. The summed E-state index contributed by atoms with van der Waals surface area (Å²) < 4.78 is 0. The van der Waals surface area contributed by atoms with Crippen LogP contribution in [0.3, 0.4) is 0 Å². The molecule has 0 spiro atoms. The van der Waals surface area contributed by atoms with Crippen molar-refractivity contribution in [3.8, 4) is 0 Å². The minimum Gasteiger partial charge on any atom is -0.0622 e. The maximum absolute atomic E-state index is 2.67. The molecule has 0 saturated carbocycles. The fourth-order valence-corrected chi connectivity index (χ4v) is 14.3. The summed E-state index contributed by atoms with van der Waals surface area (Å²) in [5.41, 5.74) is 2.74. The molecule has 0 aliphatic heterocycles. The van der Waals surface area contributed by atoms with Crippen LogP contribution in [0.15, 0.2) is 194 Å². The summed E-state index contributed by atoms with van der Waals surface area (Å²) in [6.07, 6.45) is 1.96. The molecule has 0 amide bonds. The predicted molar refractivity (Wildman–Crippen MR) is 188 cm³/mol. The second-order valence-electron chi connectivity index (χ2n) is 10.7. The number of rotatable bonds is 10. The molecule has 0 atom stereocenters. The largest absolute Gasteiger partial charge is 0.112 e. The van der Waals surface area contributed by atoms with Gasteiger partial charge in [-0.3, -0.25) is 0 Å². The molecule has 6 aromatic rings. The summed E-state index contributed by atoms with van der Waals surface area (Å²) in [5, 5.41) is 5.65. The molecule has 0 bridgehead atoms. The van der Waals surface area contributed by atoms with Gasteiger partial charge in [0.1, 0.15) is 47.4 Å². The zero-order valence-electron chi connectivity index (χ0n) is 23.8. The van der Waals surface area contributed by atoms with Crippen LogP contribution in [-0.4, -0.2) is 0 Å². The van der Waals surface area contributed by atoms with Crippen molar-refractivity contribution in [2.75, 3.05) is 0 Å². The molecule has 0 aliphatic carbocycles. The van der Waals surface area contributed by atoms with Gasteiger partial charge in [-0.15, -0.1) is 0 Å². The van der Waals surface area contributed by atoms with E-state index in [1.54, 1.807) is 0 Å². The highest BCUT2D eigenvalue weighted by Gasteiger charge is 2.46. The van der Waals surface area contributed by atoms with E-state index in [1.807, 2.05) is 0 Å². The number of hydrogen-bond acceptors (Lipinski definition) is 0. The predicted octanol–water partition coefficient (Wildman–Crippen LogP) is 9.20. The van der Waals surface area contributed by atoms with Crippen LogP contribution in [-0.2, 0) is 12.3 Å². The maximum atomic E-state index is 2.67. The van der Waals surface area contributed by atoms with E-state index in [9.17, 15) is 0 Å². The molecule has 42 heavy (non-hydrogen) atoms. The highest BCUT2D eigenvalue weighted by atomic mass is 31.2. The van der Waals surface area contributed by atoms with Crippen LogP contribution < -0.4 is 21.2 Å². The van der Waals surface area contributed by atoms with Crippen molar-refractivity contribution < 1.29 is 0 Å². The molecule has 0 N–H and O–H groups in total. The number of hydrogen-bond donors (Lipinski definition) is 0. The SMILES string of the molecule is C(=C[P+](Cc1ccccc1)(c1ccccc1)c1ccccc1)[P+](Cc1ccccc1)(c1ccccc1)c1ccccc1. The second kappa shape index (κ2) is 13.3. The third kappa shape index (κ3) is 6.07. The molecule has 2 heteroatoms.